The fourth-order valence-electron chi connectivity index (χ4n) is 1.41. The molecule has 6 heteroatoms. The van der Waals surface area contributed by atoms with Crippen molar-refractivity contribution < 1.29 is 4.79 Å². The van der Waals surface area contributed by atoms with Gasteiger partial charge in [0.15, 0.2) is 0 Å². The van der Waals surface area contributed by atoms with Crippen molar-refractivity contribution >= 4 is 27.5 Å². The van der Waals surface area contributed by atoms with Crippen LogP contribution in [0, 0.1) is 0 Å². The summed E-state index contributed by atoms with van der Waals surface area (Å²) in [6.07, 6.45) is 1.63. The van der Waals surface area contributed by atoms with E-state index < -0.39 is 0 Å². The average Bonchev–Trinajstić information content (AvgIpc) is 2.28. The number of rotatable bonds is 5. The molecule has 5 nitrogen and oxygen atoms in total. The van der Waals surface area contributed by atoms with Crippen LogP contribution in [0.3, 0.4) is 0 Å². The number of carbonyl (C=O) groups is 1. The highest BCUT2D eigenvalue weighted by Crippen LogP contribution is 2.19. The molecule has 0 atom stereocenters. The maximum Gasteiger partial charge on any atom is 0.269 e. The monoisotopic (exact) mass is 300 g/mol. The fraction of sp³-hybridized carbons (Fsp3) is 0.364. The first-order valence-corrected chi connectivity index (χ1v) is 6.17. The Morgan fingerprint density at radius 1 is 1.35 bits per heavy atom. The third-order valence-electron chi connectivity index (χ3n) is 2.36. The second-order valence-electron chi connectivity index (χ2n) is 3.73. The van der Waals surface area contributed by atoms with E-state index in [-0.39, 0.29) is 5.91 Å². The molecule has 1 rings (SSSR count). The molecule has 0 radical (unpaired) electrons. The van der Waals surface area contributed by atoms with Crippen molar-refractivity contribution in [3.63, 3.8) is 0 Å². The van der Waals surface area contributed by atoms with Crippen molar-refractivity contribution in [1.82, 2.24) is 5.01 Å². The van der Waals surface area contributed by atoms with Gasteiger partial charge < -0.3 is 11.5 Å². The van der Waals surface area contributed by atoms with Crippen LogP contribution in [-0.2, 0) is 0 Å². The highest BCUT2D eigenvalue weighted by atomic mass is 79.9. The minimum absolute atomic E-state index is 0.271. The zero-order valence-electron chi connectivity index (χ0n) is 9.53. The molecule has 0 aliphatic carbocycles. The number of carbonyl (C=O) groups excluding carboxylic acids is 1. The number of unbranched alkanes of at least 4 members (excludes halogenated alkanes) is 1. The minimum atomic E-state index is -0.271. The Balaban J connectivity index is 2.68. The highest BCUT2D eigenvalue weighted by molar-refractivity contribution is 9.10. The quantitative estimate of drug-likeness (QED) is 0.249. The van der Waals surface area contributed by atoms with Gasteiger partial charge in [-0.2, -0.15) is 0 Å². The largest absolute Gasteiger partial charge is 0.398 e. The Hall–Kier alpha value is -1.11. The normalized spacial score (nSPS) is 10.3. The maximum atomic E-state index is 11.9. The lowest BCUT2D eigenvalue weighted by atomic mass is 10.1. The van der Waals surface area contributed by atoms with Gasteiger partial charge in [-0.3, -0.25) is 9.80 Å². The SMILES string of the molecule is NCCCCN(N)C(=O)c1ccc(Br)cc1N. The Kier molecular flexibility index (Phi) is 5.40. The van der Waals surface area contributed by atoms with E-state index in [9.17, 15) is 4.79 Å². The molecule has 0 bridgehead atoms. The van der Waals surface area contributed by atoms with Crippen molar-refractivity contribution in [3.8, 4) is 0 Å². The average molecular weight is 301 g/mol. The van der Waals surface area contributed by atoms with E-state index >= 15 is 0 Å². The Labute approximate surface area is 109 Å². The first kappa shape index (κ1) is 14.0. The predicted octanol–water partition coefficient (Wildman–Crippen LogP) is 1.09. The molecule has 1 aromatic rings. The summed E-state index contributed by atoms with van der Waals surface area (Å²) in [5.74, 6) is 5.40. The molecular formula is C11H17BrN4O. The van der Waals surface area contributed by atoms with Gasteiger partial charge in [-0.1, -0.05) is 15.9 Å². The highest BCUT2D eigenvalue weighted by Gasteiger charge is 2.14. The van der Waals surface area contributed by atoms with E-state index in [2.05, 4.69) is 15.9 Å². The molecule has 0 heterocycles. The standard InChI is InChI=1S/C11H17BrN4O/c12-8-3-4-9(10(14)7-8)11(17)16(15)6-2-1-5-13/h3-4,7H,1-2,5-6,13-15H2. The minimum Gasteiger partial charge on any atom is -0.398 e. The van der Waals surface area contributed by atoms with Gasteiger partial charge in [0.25, 0.3) is 5.91 Å². The van der Waals surface area contributed by atoms with Gasteiger partial charge in [-0.05, 0) is 37.6 Å². The molecule has 0 aromatic heterocycles. The summed E-state index contributed by atoms with van der Waals surface area (Å²) in [7, 11) is 0. The van der Waals surface area contributed by atoms with Crippen molar-refractivity contribution in [2.75, 3.05) is 18.8 Å². The lowest BCUT2D eigenvalue weighted by Gasteiger charge is -2.17. The smallest absolute Gasteiger partial charge is 0.269 e. The summed E-state index contributed by atoms with van der Waals surface area (Å²) in [4.78, 5) is 11.9. The summed E-state index contributed by atoms with van der Waals surface area (Å²) < 4.78 is 0.832. The Morgan fingerprint density at radius 3 is 2.65 bits per heavy atom. The third-order valence-corrected chi connectivity index (χ3v) is 2.85. The van der Waals surface area contributed by atoms with Crippen LogP contribution >= 0.6 is 15.9 Å². The molecule has 0 saturated carbocycles. The number of hydrazine groups is 1. The number of amides is 1. The second kappa shape index (κ2) is 6.58. The molecule has 6 N–H and O–H groups in total. The summed E-state index contributed by atoms with van der Waals surface area (Å²) in [6.45, 7) is 1.08. The number of halogens is 1. The first-order chi connectivity index (χ1) is 8.06. The van der Waals surface area contributed by atoms with Crippen LogP contribution in [0.15, 0.2) is 22.7 Å². The van der Waals surface area contributed by atoms with Gasteiger partial charge in [0.05, 0.1) is 5.56 Å². The van der Waals surface area contributed by atoms with Gasteiger partial charge in [-0.25, -0.2) is 5.84 Å². The number of nitrogen functional groups attached to an aromatic ring is 1. The Bertz CT molecular complexity index is 397. The third kappa shape index (κ3) is 3.99. The molecule has 0 unspecified atom stereocenters. The molecule has 0 saturated heterocycles. The van der Waals surface area contributed by atoms with Gasteiger partial charge >= 0.3 is 0 Å². The van der Waals surface area contributed by atoms with Gasteiger partial charge in [0.2, 0.25) is 0 Å². The van der Waals surface area contributed by atoms with E-state index in [4.69, 9.17) is 17.3 Å². The van der Waals surface area contributed by atoms with E-state index in [0.29, 0.717) is 24.3 Å². The summed E-state index contributed by atoms with van der Waals surface area (Å²) in [6, 6.07) is 5.10. The van der Waals surface area contributed by atoms with Crippen LogP contribution in [0.4, 0.5) is 5.69 Å². The summed E-state index contributed by atoms with van der Waals surface area (Å²) in [5.41, 5.74) is 12.0. The lowest BCUT2D eigenvalue weighted by Crippen LogP contribution is -2.38. The van der Waals surface area contributed by atoms with Gasteiger partial charge in [0, 0.05) is 16.7 Å². The molecule has 0 aliphatic heterocycles. The number of hydrogen-bond acceptors (Lipinski definition) is 4. The van der Waals surface area contributed by atoms with Crippen molar-refractivity contribution in [3.05, 3.63) is 28.2 Å². The number of nitrogens with zero attached hydrogens (tertiary/aromatic N) is 1. The van der Waals surface area contributed by atoms with Gasteiger partial charge in [0.1, 0.15) is 0 Å². The van der Waals surface area contributed by atoms with Crippen molar-refractivity contribution in [2.45, 2.75) is 12.8 Å². The molecule has 0 spiro atoms. The molecule has 1 aromatic carbocycles. The van der Waals surface area contributed by atoms with E-state index in [1.165, 1.54) is 5.01 Å². The second-order valence-corrected chi connectivity index (χ2v) is 4.64. The predicted molar refractivity (Wildman–Crippen MR) is 72.1 cm³/mol. The van der Waals surface area contributed by atoms with Crippen LogP contribution in [0.25, 0.3) is 0 Å². The van der Waals surface area contributed by atoms with Crippen LogP contribution in [0.1, 0.15) is 23.2 Å². The number of benzene rings is 1. The van der Waals surface area contributed by atoms with E-state index in [1.807, 2.05) is 0 Å². The fourth-order valence-corrected chi connectivity index (χ4v) is 1.79. The first-order valence-electron chi connectivity index (χ1n) is 5.38. The number of anilines is 1. The van der Waals surface area contributed by atoms with E-state index in [1.54, 1.807) is 18.2 Å². The number of hydrogen-bond donors (Lipinski definition) is 3. The van der Waals surface area contributed by atoms with Crippen LogP contribution in [-0.4, -0.2) is 24.0 Å². The van der Waals surface area contributed by atoms with Crippen molar-refractivity contribution in [2.24, 2.45) is 11.6 Å². The molecule has 0 fully saturated rings. The zero-order chi connectivity index (χ0) is 12.8. The van der Waals surface area contributed by atoms with Gasteiger partial charge in [-0.15, -0.1) is 0 Å². The molecule has 1 amide bonds. The van der Waals surface area contributed by atoms with E-state index in [0.717, 1.165) is 17.3 Å². The lowest BCUT2D eigenvalue weighted by molar-refractivity contribution is 0.0754. The number of nitrogens with two attached hydrogens (primary N) is 3. The zero-order valence-corrected chi connectivity index (χ0v) is 11.1. The molecule has 17 heavy (non-hydrogen) atoms. The Morgan fingerprint density at radius 2 is 2.06 bits per heavy atom. The summed E-state index contributed by atoms with van der Waals surface area (Å²) in [5, 5.41) is 1.18. The summed E-state index contributed by atoms with van der Waals surface area (Å²) >= 11 is 3.28. The molecular weight excluding hydrogens is 284 g/mol. The molecule has 0 aliphatic rings. The van der Waals surface area contributed by atoms with Crippen molar-refractivity contribution in [1.29, 1.82) is 0 Å². The molecule has 94 valence electrons. The van der Waals surface area contributed by atoms with Crippen LogP contribution in [0.2, 0.25) is 0 Å². The topological polar surface area (TPSA) is 98.4 Å². The van der Waals surface area contributed by atoms with Crippen LogP contribution in [0.5, 0.6) is 0 Å². The maximum absolute atomic E-state index is 11.9. The van der Waals surface area contributed by atoms with Crippen LogP contribution < -0.4 is 17.3 Å².